The predicted octanol–water partition coefficient (Wildman–Crippen LogP) is 6.81. The number of para-hydroxylation sites is 1. The number of aryl methyl sites for hydroxylation is 1. The SMILES string of the molecule is CCCCN(C(=O)C(CCSC)NC(=O)OC(C)(C)C)C(C(=O)Nc1ccc2ccccc2c1)c1cccc(C)c1O. The van der Waals surface area contributed by atoms with E-state index in [0.717, 1.165) is 17.2 Å². The molecule has 3 N–H and O–H groups in total. The Kier molecular flexibility index (Phi) is 11.7. The minimum Gasteiger partial charge on any atom is -0.507 e. The number of benzene rings is 3. The molecule has 0 radical (unpaired) electrons. The van der Waals surface area contributed by atoms with E-state index in [0.29, 0.717) is 35.4 Å². The van der Waals surface area contributed by atoms with Crippen molar-refractivity contribution in [1.29, 1.82) is 0 Å². The maximum atomic E-state index is 14.3. The van der Waals surface area contributed by atoms with Crippen LogP contribution in [0.3, 0.4) is 0 Å². The van der Waals surface area contributed by atoms with Crippen LogP contribution in [0.2, 0.25) is 0 Å². The van der Waals surface area contributed by atoms with Gasteiger partial charge in [-0.05, 0) is 81.0 Å². The summed E-state index contributed by atoms with van der Waals surface area (Å²) in [5.74, 6) is -0.317. The van der Waals surface area contributed by atoms with E-state index in [2.05, 4.69) is 10.6 Å². The Bertz CT molecular complexity index is 1390. The second kappa shape index (κ2) is 15.0. The molecule has 3 amide bonds. The van der Waals surface area contributed by atoms with Crippen LogP contribution in [0.4, 0.5) is 10.5 Å². The second-order valence-electron chi connectivity index (χ2n) is 11.3. The molecule has 42 heavy (non-hydrogen) atoms. The van der Waals surface area contributed by atoms with E-state index < -0.39 is 35.6 Å². The van der Waals surface area contributed by atoms with Crippen molar-refractivity contribution in [1.82, 2.24) is 10.2 Å². The molecular formula is C33H43N3O5S. The van der Waals surface area contributed by atoms with Gasteiger partial charge in [0, 0.05) is 17.8 Å². The molecule has 3 aromatic carbocycles. The third-order valence-electron chi connectivity index (χ3n) is 6.78. The molecule has 0 aromatic heterocycles. The van der Waals surface area contributed by atoms with Gasteiger partial charge in [0.2, 0.25) is 5.91 Å². The van der Waals surface area contributed by atoms with E-state index in [1.54, 1.807) is 57.7 Å². The number of alkyl carbamates (subject to hydrolysis) is 1. The molecule has 0 saturated heterocycles. The van der Waals surface area contributed by atoms with E-state index in [9.17, 15) is 19.5 Å². The molecule has 0 aliphatic heterocycles. The van der Waals surface area contributed by atoms with Gasteiger partial charge in [-0.25, -0.2) is 4.79 Å². The summed E-state index contributed by atoms with van der Waals surface area (Å²) in [5, 5.41) is 18.8. The van der Waals surface area contributed by atoms with Crippen LogP contribution in [0, 0.1) is 6.92 Å². The number of unbranched alkanes of at least 4 members (excludes halogenated alkanes) is 1. The number of amides is 3. The predicted molar refractivity (Wildman–Crippen MR) is 171 cm³/mol. The van der Waals surface area contributed by atoms with E-state index in [1.165, 1.54) is 4.90 Å². The molecule has 9 heteroatoms. The van der Waals surface area contributed by atoms with Gasteiger partial charge in [0.05, 0.1) is 0 Å². The summed E-state index contributed by atoms with van der Waals surface area (Å²) >= 11 is 1.55. The topological polar surface area (TPSA) is 108 Å². The van der Waals surface area contributed by atoms with Gasteiger partial charge in [-0.2, -0.15) is 11.8 Å². The normalized spacial score (nSPS) is 12.8. The first-order valence-corrected chi connectivity index (χ1v) is 15.7. The molecule has 0 heterocycles. The van der Waals surface area contributed by atoms with Gasteiger partial charge < -0.3 is 25.4 Å². The quantitative estimate of drug-likeness (QED) is 0.213. The highest BCUT2D eigenvalue weighted by atomic mass is 32.2. The van der Waals surface area contributed by atoms with Crippen molar-refractivity contribution in [3.63, 3.8) is 0 Å². The Labute approximate surface area is 253 Å². The summed E-state index contributed by atoms with van der Waals surface area (Å²) in [6.07, 6.45) is 2.97. The largest absolute Gasteiger partial charge is 0.507 e. The van der Waals surface area contributed by atoms with Crippen molar-refractivity contribution >= 4 is 46.1 Å². The number of rotatable bonds is 12. The number of carbonyl (C=O) groups excluding carboxylic acids is 3. The van der Waals surface area contributed by atoms with Gasteiger partial charge in [-0.15, -0.1) is 0 Å². The number of aromatic hydroxyl groups is 1. The van der Waals surface area contributed by atoms with Crippen LogP contribution in [0.25, 0.3) is 10.8 Å². The van der Waals surface area contributed by atoms with Crippen molar-refractivity contribution in [2.24, 2.45) is 0 Å². The van der Waals surface area contributed by atoms with Crippen molar-refractivity contribution in [2.45, 2.75) is 71.6 Å². The average Bonchev–Trinajstić information content (AvgIpc) is 2.93. The first kappa shape index (κ1) is 32.8. The third kappa shape index (κ3) is 8.89. The molecular weight excluding hydrogens is 550 g/mol. The monoisotopic (exact) mass is 593 g/mol. The zero-order valence-electron chi connectivity index (χ0n) is 25.4. The Morgan fingerprint density at radius 1 is 1.02 bits per heavy atom. The lowest BCUT2D eigenvalue weighted by Crippen LogP contribution is -2.52. The maximum absolute atomic E-state index is 14.3. The van der Waals surface area contributed by atoms with Gasteiger partial charge in [0.15, 0.2) is 0 Å². The van der Waals surface area contributed by atoms with E-state index >= 15 is 0 Å². The number of nitrogens with zero attached hydrogens (tertiary/aromatic N) is 1. The van der Waals surface area contributed by atoms with Crippen molar-refractivity contribution in [3.8, 4) is 5.75 Å². The molecule has 0 bridgehead atoms. The number of hydrogen-bond donors (Lipinski definition) is 3. The molecule has 3 rings (SSSR count). The minimum atomic E-state index is -1.15. The van der Waals surface area contributed by atoms with Gasteiger partial charge >= 0.3 is 6.09 Å². The molecule has 0 aliphatic carbocycles. The summed E-state index contributed by atoms with van der Waals surface area (Å²) < 4.78 is 5.45. The number of phenols is 1. The van der Waals surface area contributed by atoms with Crippen molar-refractivity contribution in [2.75, 3.05) is 23.9 Å². The number of thioether (sulfide) groups is 1. The molecule has 0 saturated carbocycles. The number of phenolic OH excluding ortho intramolecular Hbond substituents is 1. The first-order valence-electron chi connectivity index (χ1n) is 14.3. The number of hydrogen-bond acceptors (Lipinski definition) is 6. The number of ether oxygens (including phenoxy) is 1. The lowest BCUT2D eigenvalue weighted by Gasteiger charge is -2.35. The van der Waals surface area contributed by atoms with E-state index in [-0.39, 0.29) is 12.3 Å². The average molecular weight is 594 g/mol. The third-order valence-corrected chi connectivity index (χ3v) is 7.42. The fourth-order valence-electron chi connectivity index (χ4n) is 4.67. The molecule has 0 aliphatic rings. The lowest BCUT2D eigenvalue weighted by atomic mass is 9.98. The standard InChI is InChI=1S/C33H43N3O5S/c1-7-8-19-36(31(39)27(18-20-42-6)35-32(40)41-33(3,4)5)28(26-15-11-12-22(2)29(26)37)30(38)34-25-17-16-23-13-9-10-14-24(23)21-25/h9-17,21,27-28,37H,7-8,18-20H2,1-6H3,(H,34,38)(H,35,40). The summed E-state index contributed by atoms with van der Waals surface area (Å²) in [4.78, 5) is 42.7. The Balaban J connectivity index is 2.05. The smallest absolute Gasteiger partial charge is 0.408 e. The zero-order valence-corrected chi connectivity index (χ0v) is 26.2. The highest BCUT2D eigenvalue weighted by Crippen LogP contribution is 2.34. The molecule has 8 nitrogen and oxygen atoms in total. The minimum absolute atomic E-state index is 0.0498. The second-order valence-corrected chi connectivity index (χ2v) is 12.3. The Morgan fingerprint density at radius 2 is 1.74 bits per heavy atom. The summed E-state index contributed by atoms with van der Waals surface area (Å²) in [6, 6.07) is 16.6. The number of fused-ring (bicyclic) bond motifs is 1. The molecule has 0 fully saturated rings. The number of nitrogens with one attached hydrogen (secondary N) is 2. The highest BCUT2D eigenvalue weighted by molar-refractivity contribution is 7.98. The Hall–Kier alpha value is -3.72. The summed E-state index contributed by atoms with van der Waals surface area (Å²) in [7, 11) is 0. The molecule has 2 atom stereocenters. The van der Waals surface area contributed by atoms with Gasteiger partial charge in [0.1, 0.15) is 23.4 Å². The van der Waals surface area contributed by atoms with Crippen LogP contribution < -0.4 is 10.6 Å². The van der Waals surface area contributed by atoms with Gasteiger partial charge in [-0.1, -0.05) is 61.9 Å². The fraction of sp³-hybridized carbons (Fsp3) is 0.424. The van der Waals surface area contributed by atoms with Crippen LogP contribution in [0.5, 0.6) is 5.75 Å². The lowest BCUT2D eigenvalue weighted by molar-refractivity contribution is -0.141. The van der Waals surface area contributed by atoms with Crippen molar-refractivity contribution in [3.05, 3.63) is 71.8 Å². The zero-order chi connectivity index (χ0) is 30.9. The van der Waals surface area contributed by atoms with Crippen molar-refractivity contribution < 1.29 is 24.2 Å². The molecule has 3 aromatic rings. The van der Waals surface area contributed by atoms with Crippen LogP contribution in [0.1, 0.15) is 64.1 Å². The fourth-order valence-corrected chi connectivity index (χ4v) is 5.14. The Morgan fingerprint density at radius 3 is 2.40 bits per heavy atom. The number of anilines is 1. The van der Waals surface area contributed by atoms with E-state index in [4.69, 9.17) is 4.74 Å². The highest BCUT2D eigenvalue weighted by Gasteiger charge is 2.37. The van der Waals surface area contributed by atoms with E-state index in [1.807, 2.05) is 55.6 Å². The van der Waals surface area contributed by atoms with Crippen LogP contribution in [-0.2, 0) is 14.3 Å². The first-order chi connectivity index (χ1) is 19.9. The van der Waals surface area contributed by atoms with Crippen LogP contribution >= 0.6 is 11.8 Å². The van der Waals surface area contributed by atoms with Crippen LogP contribution in [-0.4, -0.2) is 58.1 Å². The van der Waals surface area contributed by atoms with Crippen LogP contribution in [0.15, 0.2) is 60.7 Å². The van der Waals surface area contributed by atoms with Gasteiger partial charge in [0.25, 0.3) is 5.91 Å². The summed E-state index contributed by atoms with van der Waals surface area (Å²) in [6.45, 7) is 9.28. The maximum Gasteiger partial charge on any atom is 0.408 e. The number of carbonyl (C=O) groups is 3. The summed E-state index contributed by atoms with van der Waals surface area (Å²) in [5.41, 5.74) is 0.738. The molecule has 226 valence electrons. The molecule has 2 unspecified atom stereocenters. The van der Waals surface area contributed by atoms with Gasteiger partial charge in [-0.3, -0.25) is 9.59 Å². The molecule has 0 spiro atoms.